The Morgan fingerprint density at radius 2 is 1.96 bits per heavy atom. The molecule has 0 radical (unpaired) electrons. The van der Waals surface area contributed by atoms with E-state index in [1.807, 2.05) is 0 Å². The van der Waals surface area contributed by atoms with Crippen LogP contribution in [0.1, 0.15) is 5.56 Å². The zero-order valence-corrected chi connectivity index (χ0v) is 13.0. The van der Waals surface area contributed by atoms with Crippen molar-refractivity contribution in [1.82, 2.24) is 4.72 Å². The third kappa shape index (κ3) is 3.83. The molecule has 0 bridgehead atoms. The summed E-state index contributed by atoms with van der Waals surface area (Å²) in [6, 6.07) is 10.3. The number of aliphatic hydroxyl groups excluding tert-OH is 1. The predicted octanol–water partition coefficient (Wildman–Crippen LogP) is 1.74. The van der Waals surface area contributed by atoms with Crippen LogP contribution in [0, 0.1) is 10.1 Å². The molecule has 2 aromatic carbocycles. The van der Waals surface area contributed by atoms with Gasteiger partial charge in [-0.25, -0.2) is 13.1 Å². The zero-order chi connectivity index (χ0) is 17.0. The first-order chi connectivity index (χ1) is 10.9. The molecule has 0 aromatic heterocycles. The van der Waals surface area contributed by atoms with Gasteiger partial charge in [0.05, 0.1) is 16.4 Å². The quantitative estimate of drug-likeness (QED) is 0.545. The molecule has 2 rings (SSSR count). The van der Waals surface area contributed by atoms with Crippen molar-refractivity contribution in [3.8, 4) is 0 Å². The fourth-order valence-corrected chi connectivity index (χ4v) is 2.71. The molecule has 2 aromatic rings. The first-order valence-electron chi connectivity index (χ1n) is 6.56. The van der Waals surface area contributed by atoms with E-state index in [1.165, 1.54) is 19.2 Å². The summed E-state index contributed by atoms with van der Waals surface area (Å²) in [5.74, 6) is 0. The van der Waals surface area contributed by atoms with E-state index in [1.54, 1.807) is 24.3 Å². The minimum Gasteiger partial charge on any atom is -0.392 e. The third-order valence-corrected chi connectivity index (χ3v) is 4.55. The van der Waals surface area contributed by atoms with Gasteiger partial charge in [-0.2, -0.15) is 0 Å². The fraction of sp³-hybridized carbons (Fsp3) is 0.143. The van der Waals surface area contributed by atoms with Crippen molar-refractivity contribution >= 4 is 27.1 Å². The van der Waals surface area contributed by atoms with Crippen LogP contribution in [-0.2, 0) is 16.6 Å². The minimum absolute atomic E-state index is 0.153. The lowest BCUT2D eigenvalue weighted by Gasteiger charge is -2.10. The summed E-state index contributed by atoms with van der Waals surface area (Å²) in [7, 11) is -2.54. The molecule has 0 unspecified atom stereocenters. The molecule has 9 heteroatoms. The Hall–Kier alpha value is -2.49. The molecule has 23 heavy (non-hydrogen) atoms. The smallest absolute Gasteiger partial charge is 0.294 e. The van der Waals surface area contributed by atoms with Crippen molar-refractivity contribution in [3.63, 3.8) is 0 Å². The number of nitrogens with zero attached hydrogens (tertiary/aromatic N) is 1. The van der Waals surface area contributed by atoms with Crippen molar-refractivity contribution in [2.24, 2.45) is 0 Å². The van der Waals surface area contributed by atoms with Gasteiger partial charge in [0, 0.05) is 11.8 Å². The van der Waals surface area contributed by atoms with Gasteiger partial charge >= 0.3 is 0 Å². The van der Waals surface area contributed by atoms with Crippen LogP contribution in [0.5, 0.6) is 0 Å². The predicted molar refractivity (Wildman–Crippen MR) is 85.0 cm³/mol. The Bertz CT molecular complexity index is 836. The lowest BCUT2D eigenvalue weighted by Crippen LogP contribution is -2.18. The maximum Gasteiger partial charge on any atom is 0.294 e. The summed E-state index contributed by atoms with van der Waals surface area (Å²) in [6.07, 6.45) is 0. The topological polar surface area (TPSA) is 122 Å². The highest BCUT2D eigenvalue weighted by Gasteiger charge is 2.20. The minimum atomic E-state index is -3.77. The van der Waals surface area contributed by atoms with Crippen molar-refractivity contribution in [2.75, 3.05) is 12.4 Å². The Morgan fingerprint density at radius 3 is 2.57 bits per heavy atom. The van der Waals surface area contributed by atoms with Gasteiger partial charge in [0.2, 0.25) is 10.0 Å². The third-order valence-electron chi connectivity index (χ3n) is 3.13. The maximum absolute atomic E-state index is 11.7. The van der Waals surface area contributed by atoms with Gasteiger partial charge in [-0.1, -0.05) is 12.1 Å². The van der Waals surface area contributed by atoms with Gasteiger partial charge < -0.3 is 10.4 Å². The fourth-order valence-electron chi connectivity index (χ4n) is 1.96. The zero-order valence-electron chi connectivity index (χ0n) is 12.2. The maximum atomic E-state index is 11.7. The molecule has 3 N–H and O–H groups in total. The van der Waals surface area contributed by atoms with E-state index in [-0.39, 0.29) is 22.9 Å². The summed E-state index contributed by atoms with van der Waals surface area (Å²) in [5.41, 5.74) is 0.978. The van der Waals surface area contributed by atoms with E-state index in [2.05, 4.69) is 10.0 Å². The summed E-state index contributed by atoms with van der Waals surface area (Å²) < 4.78 is 25.6. The molecular formula is C14H15N3O5S. The molecule has 0 atom stereocenters. The molecule has 0 saturated carbocycles. The van der Waals surface area contributed by atoms with Crippen LogP contribution in [0.15, 0.2) is 47.4 Å². The first-order valence-corrected chi connectivity index (χ1v) is 8.04. The second-order valence-corrected chi connectivity index (χ2v) is 6.51. The Balaban J connectivity index is 2.44. The van der Waals surface area contributed by atoms with Crippen LogP contribution in [-0.4, -0.2) is 25.5 Å². The highest BCUT2D eigenvalue weighted by molar-refractivity contribution is 7.89. The average Bonchev–Trinajstić information content (AvgIpc) is 2.55. The number of aliphatic hydroxyl groups is 1. The molecule has 0 saturated heterocycles. The van der Waals surface area contributed by atoms with Crippen LogP contribution in [0.3, 0.4) is 0 Å². The van der Waals surface area contributed by atoms with Crippen LogP contribution in [0.4, 0.5) is 17.1 Å². The monoisotopic (exact) mass is 337 g/mol. The Labute approximate surface area is 133 Å². The molecule has 0 fully saturated rings. The first kappa shape index (κ1) is 16.9. The van der Waals surface area contributed by atoms with Crippen molar-refractivity contribution < 1.29 is 18.4 Å². The van der Waals surface area contributed by atoms with Crippen LogP contribution < -0.4 is 10.0 Å². The molecule has 0 aliphatic rings. The lowest BCUT2D eigenvalue weighted by atomic mass is 10.2. The number of anilines is 2. The SMILES string of the molecule is CNS(=O)(=O)c1ccc(Nc2cccc(CO)c2)c([N+](=O)[O-])c1. The normalized spacial score (nSPS) is 11.2. The van der Waals surface area contributed by atoms with Gasteiger partial charge in [-0.15, -0.1) is 0 Å². The molecule has 0 spiro atoms. The van der Waals surface area contributed by atoms with Crippen LogP contribution in [0.2, 0.25) is 0 Å². The average molecular weight is 337 g/mol. The number of hydrogen-bond acceptors (Lipinski definition) is 6. The van der Waals surface area contributed by atoms with Gasteiger partial charge in [0.25, 0.3) is 5.69 Å². The van der Waals surface area contributed by atoms with E-state index >= 15 is 0 Å². The number of nitro groups is 1. The van der Waals surface area contributed by atoms with Crippen LogP contribution >= 0.6 is 0 Å². The molecule has 0 aliphatic heterocycles. The molecule has 122 valence electrons. The van der Waals surface area contributed by atoms with Crippen LogP contribution in [0.25, 0.3) is 0 Å². The number of hydrogen-bond donors (Lipinski definition) is 3. The Kier molecular flexibility index (Phi) is 4.94. The second kappa shape index (κ2) is 6.73. The van der Waals surface area contributed by atoms with Gasteiger partial charge in [0.15, 0.2) is 0 Å². The number of rotatable bonds is 6. The van der Waals surface area contributed by atoms with E-state index in [9.17, 15) is 18.5 Å². The summed E-state index contributed by atoms with van der Waals surface area (Å²) in [4.78, 5) is 10.4. The molecule has 0 heterocycles. The number of sulfonamides is 1. The van der Waals surface area contributed by atoms with Gasteiger partial charge in [-0.05, 0) is 36.9 Å². The second-order valence-electron chi connectivity index (χ2n) is 4.63. The Morgan fingerprint density at radius 1 is 1.22 bits per heavy atom. The molecule has 0 aliphatic carbocycles. The summed E-state index contributed by atoms with van der Waals surface area (Å²) >= 11 is 0. The number of benzene rings is 2. The highest BCUT2D eigenvalue weighted by Crippen LogP contribution is 2.30. The highest BCUT2D eigenvalue weighted by atomic mass is 32.2. The van der Waals surface area contributed by atoms with Gasteiger partial charge in [-0.3, -0.25) is 10.1 Å². The number of nitrogens with one attached hydrogen (secondary N) is 2. The van der Waals surface area contributed by atoms with Crippen molar-refractivity contribution in [3.05, 3.63) is 58.1 Å². The van der Waals surface area contributed by atoms with Crippen molar-refractivity contribution in [2.45, 2.75) is 11.5 Å². The van der Waals surface area contributed by atoms with Gasteiger partial charge in [0.1, 0.15) is 5.69 Å². The van der Waals surface area contributed by atoms with E-state index in [0.717, 1.165) is 6.07 Å². The van der Waals surface area contributed by atoms with E-state index < -0.39 is 14.9 Å². The molecule has 0 amide bonds. The molecular weight excluding hydrogens is 322 g/mol. The molecule has 8 nitrogen and oxygen atoms in total. The van der Waals surface area contributed by atoms with Crippen molar-refractivity contribution in [1.29, 1.82) is 0 Å². The van der Waals surface area contributed by atoms with E-state index in [4.69, 9.17) is 5.11 Å². The summed E-state index contributed by atoms with van der Waals surface area (Å²) in [6.45, 7) is -0.156. The number of nitro benzene ring substituents is 1. The standard InChI is InChI=1S/C14H15N3O5S/c1-15-23(21,22)12-5-6-13(14(8-12)17(19)20)16-11-4-2-3-10(7-11)9-18/h2-8,15-16,18H,9H2,1H3. The summed E-state index contributed by atoms with van der Waals surface area (Å²) in [5, 5.41) is 23.2. The van der Waals surface area contributed by atoms with E-state index in [0.29, 0.717) is 11.3 Å². The largest absolute Gasteiger partial charge is 0.392 e. The lowest BCUT2D eigenvalue weighted by molar-refractivity contribution is -0.384.